The molecule has 0 spiro atoms. The summed E-state index contributed by atoms with van der Waals surface area (Å²) in [6.07, 6.45) is -43.9. The maximum absolute atomic E-state index is 11.1. The summed E-state index contributed by atoms with van der Waals surface area (Å²) in [5, 5.41) is 157. The van der Waals surface area contributed by atoms with E-state index in [-0.39, 0.29) is 0 Å². The Morgan fingerprint density at radius 1 is 0.333 bits per heavy atom. The molecule has 0 aromatic heterocycles. The third-order valence-corrected chi connectivity index (χ3v) is 10.5. The van der Waals surface area contributed by atoms with Crippen molar-refractivity contribution in [3.63, 3.8) is 0 Å². The van der Waals surface area contributed by atoms with Crippen molar-refractivity contribution in [2.45, 2.75) is 154 Å². The second-order valence-electron chi connectivity index (χ2n) is 14.5. The van der Waals surface area contributed by atoms with E-state index in [2.05, 4.69) is 0 Å². The Bertz CT molecular complexity index is 1260. The number of hydrogen-bond acceptors (Lipinski definition) is 26. The van der Waals surface area contributed by atoms with Crippen molar-refractivity contribution in [2.24, 2.45) is 0 Å². The van der Waals surface area contributed by atoms with Crippen LogP contribution in [0.2, 0.25) is 0 Å². The lowest BCUT2D eigenvalue weighted by atomic mass is 9.98. The van der Waals surface area contributed by atoms with E-state index in [1.165, 1.54) is 0 Å². The molecule has 26 heteroatoms. The second-order valence-corrected chi connectivity index (χ2v) is 14.5. The van der Waals surface area contributed by atoms with Crippen molar-refractivity contribution < 1.29 is 129 Å². The summed E-state index contributed by atoms with van der Waals surface area (Å²) in [6.45, 7) is -3.62. The number of hydrogen-bond donors (Lipinski definition) is 15. The largest absolute Gasteiger partial charge is 0.394 e. The SMILES string of the molecule is OC[C@H]1O[C@@H](O)[C@H](O[C@H]2OC[C@H](O)[C@H](O)[C@H]2O[C@H]2OC[C@H](O)[C@H](O)[C@H]2O[C@H]2OC[C@H](O)[C@H](O)[C@H]2O[C@H]2OC[C@H](O)[C@H](O)[C@H]2O[C@H]2OC[C@H](O)[C@H](O)[C@H]2O)[C@@H](O)[C@@H]1O. The second kappa shape index (κ2) is 19.3. The fourth-order valence-corrected chi connectivity index (χ4v) is 7.00. The molecular weight excluding hydrogens is 788 g/mol. The number of aliphatic hydroxyl groups excluding tert-OH is 15. The summed E-state index contributed by atoms with van der Waals surface area (Å²) in [5.74, 6) is 0. The third kappa shape index (κ3) is 9.72. The summed E-state index contributed by atoms with van der Waals surface area (Å²) in [7, 11) is 0. The molecule has 0 bridgehead atoms. The number of rotatable bonds is 11. The maximum Gasteiger partial charge on any atom is 0.187 e. The molecule has 26 nitrogen and oxygen atoms in total. The third-order valence-electron chi connectivity index (χ3n) is 10.5. The van der Waals surface area contributed by atoms with E-state index >= 15 is 0 Å². The minimum atomic E-state index is -1.95. The van der Waals surface area contributed by atoms with Crippen LogP contribution in [0.15, 0.2) is 0 Å². The molecule has 0 saturated carbocycles. The standard InChI is InChI=1S/C31H52O26/c32-1-12-18(43)19(44)21(26(46)52-12)53-28-23(15(40)9(35)3-48-28)55-30-25(17(42)11(37)5-50-30)57-31-24(16(41)10(36)6-51-31)56-29-22(14(39)8(34)4-49-29)54-27-20(45)13(38)7(33)2-47-27/h7-46H,1-6H2/t7-,8-,9-,10-,11-,12+,13-,14-,15-,16-,17-,18+,19-,20+,21+,22+,23+,24+,25+,26+,27+,28+,29+,30+,31+/m0/s1. The zero-order chi connectivity index (χ0) is 41.5. The first-order chi connectivity index (χ1) is 27.0. The first-order valence-corrected chi connectivity index (χ1v) is 18.2. The van der Waals surface area contributed by atoms with E-state index in [9.17, 15) is 76.6 Å². The highest BCUT2D eigenvalue weighted by atomic mass is 16.8. The lowest BCUT2D eigenvalue weighted by Gasteiger charge is -2.48. The van der Waals surface area contributed by atoms with Gasteiger partial charge in [-0.15, -0.1) is 0 Å². The summed E-state index contributed by atoms with van der Waals surface area (Å²) >= 11 is 0. The minimum Gasteiger partial charge on any atom is -0.394 e. The fraction of sp³-hybridized carbons (Fsp3) is 1.00. The van der Waals surface area contributed by atoms with E-state index in [0.717, 1.165) is 0 Å². The molecule has 15 N–H and O–H groups in total. The Morgan fingerprint density at radius 2 is 0.632 bits per heavy atom. The van der Waals surface area contributed by atoms with E-state index < -0.39 is 193 Å². The van der Waals surface area contributed by atoms with Crippen molar-refractivity contribution in [3.05, 3.63) is 0 Å². The molecule has 0 aromatic rings. The van der Waals surface area contributed by atoms with Crippen LogP contribution < -0.4 is 0 Å². The Balaban J connectivity index is 1.20. The van der Waals surface area contributed by atoms with Crippen molar-refractivity contribution in [3.8, 4) is 0 Å². The van der Waals surface area contributed by atoms with Gasteiger partial charge in [0, 0.05) is 0 Å². The van der Waals surface area contributed by atoms with Crippen LogP contribution in [-0.4, -0.2) is 270 Å². The van der Waals surface area contributed by atoms with Crippen LogP contribution in [0, 0.1) is 0 Å². The van der Waals surface area contributed by atoms with Crippen LogP contribution in [-0.2, 0) is 52.1 Å². The van der Waals surface area contributed by atoms with Crippen LogP contribution in [0.25, 0.3) is 0 Å². The number of aliphatic hydroxyl groups is 15. The Morgan fingerprint density at radius 3 is 0.982 bits per heavy atom. The van der Waals surface area contributed by atoms with E-state index in [0.29, 0.717) is 0 Å². The molecule has 0 radical (unpaired) electrons. The molecule has 6 aliphatic rings. The van der Waals surface area contributed by atoms with Crippen molar-refractivity contribution in [1.29, 1.82) is 0 Å². The molecule has 6 saturated heterocycles. The van der Waals surface area contributed by atoms with Gasteiger partial charge in [0.2, 0.25) is 0 Å². The fourth-order valence-electron chi connectivity index (χ4n) is 7.00. The van der Waals surface area contributed by atoms with Gasteiger partial charge in [-0.05, 0) is 0 Å². The first-order valence-electron chi connectivity index (χ1n) is 18.2. The zero-order valence-corrected chi connectivity index (χ0v) is 29.9. The predicted molar refractivity (Wildman–Crippen MR) is 169 cm³/mol. The Kier molecular flexibility index (Phi) is 15.4. The molecule has 57 heavy (non-hydrogen) atoms. The van der Waals surface area contributed by atoms with Crippen molar-refractivity contribution in [2.75, 3.05) is 39.6 Å². The van der Waals surface area contributed by atoms with E-state index in [4.69, 9.17) is 52.1 Å². The molecule has 6 rings (SSSR count). The van der Waals surface area contributed by atoms with Crippen molar-refractivity contribution >= 4 is 0 Å². The molecule has 332 valence electrons. The van der Waals surface area contributed by atoms with Gasteiger partial charge in [-0.3, -0.25) is 0 Å². The summed E-state index contributed by atoms with van der Waals surface area (Å²) in [5.41, 5.74) is 0. The average Bonchev–Trinajstić information content (AvgIpc) is 3.18. The minimum absolute atomic E-state index is 0.498. The van der Waals surface area contributed by atoms with Gasteiger partial charge >= 0.3 is 0 Å². The molecular formula is C31H52O26. The quantitative estimate of drug-likeness (QED) is 0.0918. The topological polar surface area (TPSA) is 405 Å². The Hall–Kier alpha value is -1.04. The Labute approximate surface area is 322 Å². The highest BCUT2D eigenvalue weighted by molar-refractivity contribution is 4.95. The molecule has 0 amide bonds. The molecule has 6 fully saturated rings. The summed E-state index contributed by atoms with van der Waals surface area (Å²) in [6, 6.07) is 0. The summed E-state index contributed by atoms with van der Waals surface area (Å²) in [4.78, 5) is 0. The van der Waals surface area contributed by atoms with Gasteiger partial charge in [0.1, 0.15) is 116 Å². The van der Waals surface area contributed by atoms with Gasteiger partial charge in [0.25, 0.3) is 0 Å². The average molecular weight is 841 g/mol. The van der Waals surface area contributed by atoms with Gasteiger partial charge in [0.15, 0.2) is 37.7 Å². The molecule has 6 heterocycles. The lowest BCUT2D eigenvalue weighted by molar-refractivity contribution is -0.398. The zero-order valence-electron chi connectivity index (χ0n) is 29.9. The van der Waals surface area contributed by atoms with Crippen LogP contribution in [0.4, 0.5) is 0 Å². The van der Waals surface area contributed by atoms with Gasteiger partial charge in [0.05, 0.1) is 39.6 Å². The van der Waals surface area contributed by atoms with Crippen molar-refractivity contribution in [1.82, 2.24) is 0 Å². The normalized spacial score (nSPS) is 54.1. The molecule has 0 aliphatic carbocycles. The van der Waals surface area contributed by atoms with Crippen LogP contribution in [0.1, 0.15) is 0 Å². The van der Waals surface area contributed by atoms with Crippen LogP contribution in [0.5, 0.6) is 0 Å². The smallest absolute Gasteiger partial charge is 0.187 e. The van der Waals surface area contributed by atoms with Gasteiger partial charge in [-0.1, -0.05) is 0 Å². The van der Waals surface area contributed by atoms with Gasteiger partial charge < -0.3 is 129 Å². The van der Waals surface area contributed by atoms with E-state index in [1.807, 2.05) is 0 Å². The molecule has 0 aromatic carbocycles. The lowest BCUT2D eigenvalue weighted by Crippen LogP contribution is -2.65. The van der Waals surface area contributed by atoms with Gasteiger partial charge in [-0.25, -0.2) is 0 Å². The highest BCUT2D eigenvalue weighted by Gasteiger charge is 2.54. The van der Waals surface area contributed by atoms with Crippen LogP contribution >= 0.6 is 0 Å². The predicted octanol–water partition coefficient (Wildman–Crippen LogP) is -10.9. The van der Waals surface area contributed by atoms with E-state index in [1.54, 1.807) is 0 Å². The first kappa shape index (κ1) is 45.5. The highest BCUT2D eigenvalue weighted by Crippen LogP contribution is 2.34. The molecule has 25 atom stereocenters. The monoisotopic (exact) mass is 840 g/mol. The van der Waals surface area contributed by atoms with Gasteiger partial charge in [-0.2, -0.15) is 0 Å². The number of ether oxygens (including phenoxy) is 11. The van der Waals surface area contributed by atoms with Crippen LogP contribution in [0.3, 0.4) is 0 Å². The maximum atomic E-state index is 11.1. The molecule has 0 unspecified atom stereocenters. The summed E-state index contributed by atoms with van der Waals surface area (Å²) < 4.78 is 61.4. The molecule has 6 aliphatic heterocycles.